The number of allylic oxidation sites excluding steroid dienone is 2. The molecule has 1 radical (unpaired) electrons. The number of rotatable bonds is 6. The zero-order valence-electron chi connectivity index (χ0n) is 8.49. The maximum absolute atomic E-state index is 4.86. The van der Waals surface area contributed by atoms with E-state index < -0.39 is 0 Å². The van der Waals surface area contributed by atoms with Crippen molar-refractivity contribution in [3.63, 3.8) is 0 Å². The van der Waals surface area contributed by atoms with Gasteiger partial charge in [0.2, 0.25) is 0 Å². The van der Waals surface area contributed by atoms with Gasteiger partial charge in [0.1, 0.15) is 0 Å². The third-order valence-corrected chi connectivity index (χ3v) is 2.37. The molecule has 0 aliphatic carbocycles. The van der Waals surface area contributed by atoms with Crippen LogP contribution in [0.25, 0.3) is 0 Å². The van der Waals surface area contributed by atoms with E-state index in [0.29, 0.717) is 0 Å². The molecule has 0 atom stereocenters. The highest BCUT2D eigenvalue weighted by Gasteiger charge is 1.89. The van der Waals surface area contributed by atoms with Gasteiger partial charge in [-0.15, -0.1) is 0 Å². The summed E-state index contributed by atoms with van der Waals surface area (Å²) in [5.74, 6) is 0.842. The highest BCUT2D eigenvalue weighted by atomic mass is 32.1. The van der Waals surface area contributed by atoms with Crippen LogP contribution in [0.2, 0.25) is 0 Å². The Morgan fingerprint density at radius 3 is 2.43 bits per heavy atom. The van der Waals surface area contributed by atoms with Crippen LogP contribution in [-0.2, 0) is 6.42 Å². The smallest absolute Gasteiger partial charge is 0.00715 e. The predicted octanol–water partition coefficient (Wildman–Crippen LogP) is 4.15. The number of unbranched alkanes of at least 4 members (excludes halogenated alkanes) is 1. The monoisotopic (exact) mass is 205 g/mol. The summed E-state index contributed by atoms with van der Waals surface area (Å²) in [5, 5.41) is 0. The Morgan fingerprint density at radius 2 is 1.71 bits per heavy atom. The van der Waals surface area contributed by atoms with Crippen molar-refractivity contribution in [2.45, 2.75) is 25.7 Å². The summed E-state index contributed by atoms with van der Waals surface area (Å²) in [4.78, 5) is 0. The molecular formula is C13H17S. The van der Waals surface area contributed by atoms with Crippen LogP contribution >= 0.6 is 12.6 Å². The van der Waals surface area contributed by atoms with Crippen molar-refractivity contribution < 1.29 is 0 Å². The Bertz CT molecular complexity index is 251. The molecular weight excluding hydrogens is 188 g/mol. The molecule has 0 fully saturated rings. The lowest BCUT2D eigenvalue weighted by Gasteiger charge is -1.97. The third-order valence-electron chi connectivity index (χ3n) is 2.13. The van der Waals surface area contributed by atoms with E-state index in [9.17, 15) is 0 Å². The Hall–Kier alpha value is -0.690. The Labute approximate surface area is 92.5 Å². The minimum atomic E-state index is 0.842. The molecule has 14 heavy (non-hydrogen) atoms. The summed E-state index contributed by atoms with van der Waals surface area (Å²) in [6.07, 6.45) is 9.06. The van der Waals surface area contributed by atoms with E-state index in [1.807, 2.05) is 0 Å². The number of hydrogen-bond acceptors (Lipinski definition) is 0. The molecule has 0 bridgehead atoms. The average Bonchev–Trinajstić information content (AvgIpc) is 2.25. The molecule has 1 aromatic rings. The van der Waals surface area contributed by atoms with Crippen LogP contribution in [-0.4, -0.2) is 5.75 Å². The summed E-state index contributed by atoms with van der Waals surface area (Å²) >= 11 is 4.86. The molecule has 0 aromatic heterocycles. The van der Waals surface area contributed by atoms with E-state index in [2.05, 4.69) is 42.5 Å². The largest absolute Gasteiger partial charge is 0.0938 e. The van der Waals surface area contributed by atoms with E-state index in [1.54, 1.807) is 0 Å². The molecule has 0 aliphatic rings. The van der Waals surface area contributed by atoms with Crippen LogP contribution in [0.3, 0.4) is 0 Å². The SMILES string of the molecule is [S]CC/C=C/CCCc1ccccc1. The van der Waals surface area contributed by atoms with Gasteiger partial charge in [0.15, 0.2) is 0 Å². The predicted molar refractivity (Wildman–Crippen MR) is 65.6 cm³/mol. The van der Waals surface area contributed by atoms with Gasteiger partial charge in [-0.3, -0.25) is 0 Å². The molecule has 1 aromatic carbocycles. The van der Waals surface area contributed by atoms with Gasteiger partial charge in [-0.2, -0.15) is 0 Å². The second-order valence-corrected chi connectivity index (χ2v) is 3.75. The molecule has 0 unspecified atom stereocenters. The minimum absolute atomic E-state index is 0.842. The zero-order valence-corrected chi connectivity index (χ0v) is 9.30. The molecule has 0 heterocycles. The average molecular weight is 205 g/mol. The van der Waals surface area contributed by atoms with Crippen LogP contribution in [0.4, 0.5) is 0 Å². The summed E-state index contributed by atoms with van der Waals surface area (Å²) < 4.78 is 0. The highest BCUT2D eigenvalue weighted by Crippen LogP contribution is 2.04. The fourth-order valence-corrected chi connectivity index (χ4v) is 1.51. The molecule has 0 spiro atoms. The number of aryl methyl sites for hydroxylation is 1. The van der Waals surface area contributed by atoms with Crippen LogP contribution < -0.4 is 0 Å². The van der Waals surface area contributed by atoms with Crippen LogP contribution in [0, 0.1) is 0 Å². The normalized spacial score (nSPS) is 10.9. The van der Waals surface area contributed by atoms with Gasteiger partial charge in [0.25, 0.3) is 0 Å². The van der Waals surface area contributed by atoms with E-state index in [1.165, 1.54) is 24.8 Å². The molecule has 0 nitrogen and oxygen atoms in total. The van der Waals surface area contributed by atoms with Gasteiger partial charge in [0, 0.05) is 5.75 Å². The molecule has 1 rings (SSSR count). The van der Waals surface area contributed by atoms with Gasteiger partial charge in [0.05, 0.1) is 0 Å². The zero-order chi connectivity index (χ0) is 10.1. The standard InChI is InChI=1S/C13H17S/c14-12-8-3-1-2-5-9-13-10-6-4-7-11-13/h1,3-4,6-7,10-11H,2,5,8-9,12H2/b3-1+. The Kier molecular flexibility index (Phi) is 6.25. The molecule has 75 valence electrons. The molecule has 0 N–H and O–H groups in total. The Balaban J connectivity index is 2.10. The molecule has 1 heteroatoms. The first-order valence-corrected chi connectivity index (χ1v) is 5.78. The van der Waals surface area contributed by atoms with Gasteiger partial charge >= 0.3 is 0 Å². The lowest BCUT2D eigenvalue weighted by molar-refractivity contribution is 0.840. The van der Waals surface area contributed by atoms with Crippen molar-refractivity contribution in [1.29, 1.82) is 0 Å². The van der Waals surface area contributed by atoms with E-state index >= 15 is 0 Å². The molecule has 0 saturated carbocycles. The third kappa shape index (κ3) is 5.13. The summed E-state index contributed by atoms with van der Waals surface area (Å²) in [5.41, 5.74) is 1.43. The van der Waals surface area contributed by atoms with Crippen LogP contribution in [0.1, 0.15) is 24.8 Å². The lowest BCUT2D eigenvalue weighted by atomic mass is 10.1. The summed E-state index contributed by atoms with van der Waals surface area (Å²) in [6, 6.07) is 10.6. The van der Waals surface area contributed by atoms with Crippen molar-refractivity contribution in [1.82, 2.24) is 0 Å². The first kappa shape index (κ1) is 11.4. The highest BCUT2D eigenvalue weighted by molar-refractivity contribution is 7.80. The van der Waals surface area contributed by atoms with Crippen molar-refractivity contribution >= 4 is 12.6 Å². The van der Waals surface area contributed by atoms with Crippen LogP contribution in [0.5, 0.6) is 0 Å². The lowest BCUT2D eigenvalue weighted by Crippen LogP contribution is -1.82. The maximum atomic E-state index is 4.86. The molecule has 0 amide bonds. The van der Waals surface area contributed by atoms with E-state index in [-0.39, 0.29) is 0 Å². The van der Waals surface area contributed by atoms with Gasteiger partial charge in [-0.1, -0.05) is 55.1 Å². The van der Waals surface area contributed by atoms with Crippen LogP contribution in [0.15, 0.2) is 42.5 Å². The minimum Gasteiger partial charge on any atom is -0.0938 e. The van der Waals surface area contributed by atoms with Gasteiger partial charge in [-0.25, -0.2) is 0 Å². The molecule has 0 saturated heterocycles. The van der Waals surface area contributed by atoms with E-state index in [0.717, 1.165) is 12.2 Å². The van der Waals surface area contributed by atoms with Crippen molar-refractivity contribution in [2.24, 2.45) is 0 Å². The fourth-order valence-electron chi connectivity index (χ4n) is 1.37. The Morgan fingerprint density at radius 1 is 1.00 bits per heavy atom. The van der Waals surface area contributed by atoms with Crippen molar-refractivity contribution in [2.75, 3.05) is 5.75 Å². The molecule has 0 aliphatic heterocycles. The van der Waals surface area contributed by atoms with E-state index in [4.69, 9.17) is 12.6 Å². The summed E-state index contributed by atoms with van der Waals surface area (Å²) in [6.45, 7) is 0. The van der Waals surface area contributed by atoms with Crippen molar-refractivity contribution in [3.05, 3.63) is 48.0 Å². The summed E-state index contributed by atoms with van der Waals surface area (Å²) in [7, 11) is 0. The maximum Gasteiger partial charge on any atom is 0.00715 e. The van der Waals surface area contributed by atoms with Gasteiger partial charge in [-0.05, 0) is 31.2 Å². The number of hydrogen-bond donors (Lipinski definition) is 0. The topological polar surface area (TPSA) is 0 Å². The quantitative estimate of drug-likeness (QED) is 0.483. The first-order valence-electron chi connectivity index (χ1n) is 5.20. The second kappa shape index (κ2) is 7.69. The van der Waals surface area contributed by atoms with Gasteiger partial charge < -0.3 is 0 Å². The number of benzene rings is 1. The van der Waals surface area contributed by atoms with Crippen molar-refractivity contribution in [3.8, 4) is 0 Å². The first-order chi connectivity index (χ1) is 6.93. The second-order valence-electron chi connectivity index (χ2n) is 3.34. The fraction of sp³-hybridized carbons (Fsp3) is 0.385.